The average Bonchev–Trinajstić information content (AvgIpc) is 3.14. The van der Waals surface area contributed by atoms with Crippen molar-refractivity contribution in [3.05, 3.63) is 65.7 Å². The van der Waals surface area contributed by atoms with Crippen LogP contribution in [0.3, 0.4) is 0 Å². The van der Waals surface area contributed by atoms with E-state index in [1.165, 1.54) is 17.7 Å². The third-order valence-corrected chi connectivity index (χ3v) is 5.95. The molecule has 26 heavy (non-hydrogen) atoms. The molecule has 0 radical (unpaired) electrons. The summed E-state index contributed by atoms with van der Waals surface area (Å²) in [5, 5.41) is 1.14. The molecular formula is C21H20FN3O. The molecule has 0 bridgehead atoms. The first-order valence-electron chi connectivity index (χ1n) is 9.15. The predicted molar refractivity (Wildman–Crippen MR) is 97.3 cm³/mol. The molecule has 1 aliphatic heterocycles. The molecule has 5 rings (SSSR count). The molecule has 1 N–H and O–H groups in total. The van der Waals surface area contributed by atoms with Crippen LogP contribution < -0.4 is 0 Å². The minimum Gasteiger partial charge on any atom is -0.346 e. The summed E-state index contributed by atoms with van der Waals surface area (Å²) in [5.41, 5.74) is 2.67. The largest absolute Gasteiger partial charge is 0.346 e. The lowest BCUT2D eigenvalue weighted by Crippen LogP contribution is -2.37. The third-order valence-electron chi connectivity index (χ3n) is 5.95. The zero-order valence-corrected chi connectivity index (χ0v) is 14.4. The molecule has 1 unspecified atom stereocenters. The van der Waals surface area contributed by atoms with E-state index in [-0.39, 0.29) is 11.7 Å². The lowest BCUT2D eigenvalue weighted by Gasteiger charge is -2.23. The number of halogens is 1. The number of hydrogen-bond donors (Lipinski definition) is 1. The van der Waals surface area contributed by atoms with Gasteiger partial charge in [0.15, 0.2) is 0 Å². The zero-order chi connectivity index (χ0) is 17.7. The van der Waals surface area contributed by atoms with Crippen molar-refractivity contribution in [2.24, 2.45) is 0 Å². The summed E-state index contributed by atoms with van der Waals surface area (Å²) < 4.78 is 13.2. The van der Waals surface area contributed by atoms with E-state index >= 15 is 0 Å². The average molecular weight is 349 g/mol. The van der Waals surface area contributed by atoms with Gasteiger partial charge in [0.2, 0.25) is 5.91 Å². The molecule has 3 heterocycles. The first-order chi connectivity index (χ1) is 12.7. The second-order valence-electron chi connectivity index (χ2n) is 7.47. The number of carbonyl (C=O) groups excluding carboxylic acids is 1. The van der Waals surface area contributed by atoms with E-state index in [0.29, 0.717) is 5.92 Å². The number of hydrogen-bond acceptors (Lipinski definition) is 2. The Balaban J connectivity index is 1.37. The van der Waals surface area contributed by atoms with Gasteiger partial charge in [-0.05, 0) is 54.7 Å². The third kappa shape index (κ3) is 2.34. The number of likely N-dealkylation sites (tertiary alicyclic amines) is 1. The standard InChI is InChI=1S/C21H20FN3O/c22-16-5-3-15(4-6-16)21(8-9-21)20(26)25-11-7-14(13-25)18-12-24-19-17(18)2-1-10-23-19/h1-6,10,12,14H,7-9,11,13H2,(H,23,24). The van der Waals surface area contributed by atoms with Gasteiger partial charge in [-0.2, -0.15) is 0 Å². The summed E-state index contributed by atoms with van der Waals surface area (Å²) in [4.78, 5) is 22.8. The van der Waals surface area contributed by atoms with E-state index in [4.69, 9.17) is 0 Å². The number of fused-ring (bicyclic) bond motifs is 1. The van der Waals surface area contributed by atoms with Crippen molar-refractivity contribution in [2.75, 3.05) is 13.1 Å². The first-order valence-corrected chi connectivity index (χ1v) is 9.15. The van der Waals surface area contributed by atoms with Crippen LogP contribution in [0.2, 0.25) is 0 Å². The first kappa shape index (κ1) is 15.6. The number of nitrogens with zero attached hydrogens (tertiary/aromatic N) is 2. The number of pyridine rings is 1. The van der Waals surface area contributed by atoms with E-state index < -0.39 is 5.41 Å². The second kappa shape index (κ2) is 5.66. The fourth-order valence-corrected chi connectivity index (χ4v) is 4.34. The van der Waals surface area contributed by atoms with Gasteiger partial charge in [0.1, 0.15) is 11.5 Å². The van der Waals surface area contributed by atoms with Crippen LogP contribution in [0.15, 0.2) is 48.8 Å². The van der Waals surface area contributed by atoms with Gasteiger partial charge in [-0.3, -0.25) is 4.79 Å². The topological polar surface area (TPSA) is 49.0 Å². The van der Waals surface area contributed by atoms with Crippen LogP contribution in [-0.4, -0.2) is 33.9 Å². The Kier molecular flexibility index (Phi) is 3.39. The van der Waals surface area contributed by atoms with Crippen LogP contribution in [0.1, 0.15) is 36.3 Å². The van der Waals surface area contributed by atoms with Crippen molar-refractivity contribution in [2.45, 2.75) is 30.6 Å². The number of aromatic amines is 1. The highest BCUT2D eigenvalue weighted by molar-refractivity contribution is 5.91. The van der Waals surface area contributed by atoms with Crippen LogP contribution in [0.5, 0.6) is 0 Å². The molecule has 2 fully saturated rings. The van der Waals surface area contributed by atoms with Gasteiger partial charge in [-0.15, -0.1) is 0 Å². The lowest BCUT2D eigenvalue weighted by atomic mass is 9.94. The summed E-state index contributed by atoms with van der Waals surface area (Å²) >= 11 is 0. The van der Waals surface area contributed by atoms with Gasteiger partial charge >= 0.3 is 0 Å². The molecule has 1 atom stereocenters. The smallest absolute Gasteiger partial charge is 0.233 e. The molecule has 2 aliphatic rings. The molecule has 3 aromatic rings. The van der Waals surface area contributed by atoms with Crippen molar-refractivity contribution < 1.29 is 9.18 Å². The minimum atomic E-state index is -0.426. The molecule has 1 saturated heterocycles. The Morgan fingerprint density at radius 2 is 2.04 bits per heavy atom. The van der Waals surface area contributed by atoms with Crippen LogP contribution in [0, 0.1) is 5.82 Å². The van der Waals surface area contributed by atoms with E-state index in [2.05, 4.69) is 16.0 Å². The quantitative estimate of drug-likeness (QED) is 0.783. The Labute approximate surface area is 151 Å². The van der Waals surface area contributed by atoms with Gasteiger partial charge in [-0.1, -0.05) is 12.1 Å². The van der Waals surface area contributed by atoms with Crippen LogP contribution in [-0.2, 0) is 10.2 Å². The van der Waals surface area contributed by atoms with Crippen molar-refractivity contribution in [1.82, 2.24) is 14.9 Å². The Bertz CT molecular complexity index is 974. The summed E-state index contributed by atoms with van der Waals surface area (Å²) in [6.45, 7) is 1.52. The number of H-pyrrole nitrogens is 1. The predicted octanol–water partition coefficient (Wildman–Crippen LogP) is 3.75. The highest BCUT2D eigenvalue weighted by Crippen LogP contribution is 2.50. The van der Waals surface area contributed by atoms with E-state index in [1.54, 1.807) is 18.3 Å². The molecule has 1 amide bonds. The van der Waals surface area contributed by atoms with Crippen LogP contribution in [0.25, 0.3) is 11.0 Å². The molecule has 5 heteroatoms. The normalized spacial score (nSPS) is 21.3. The molecule has 0 spiro atoms. The summed E-state index contributed by atoms with van der Waals surface area (Å²) in [6, 6.07) is 10.5. The van der Waals surface area contributed by atoms with Gasteiger partial charge in [0.05, 0.1) is 5.41 Å². The van der Waals surface area contributed by atoms with Crippen LogP contribution >= 0.6 is 0 Å². The lowest BCUT2D eigenvalue weighted by molar-refractivity contribution is -0.132. The van der Waals surface area contributed by atoms with Crippen molar-refractivity contribution >= 4 is 16.9 Å². The number of benzene rings is 1. The van der Waals surface area contributed by atoms with Gasteiger partial charge in [0.25, 0.3) is 0 Å². The summed E-state index contributed by atoms with van der Waals surface area (Å²) in [6.07, 6.45) is 6.49. The highest BCUT2D eigenvalue weighted by Gasteiger charge is 2.53. The van der Waals surface area contributed by atoms with E-state index in [9.17, 15) is 9.18 Å². The molecule has 1 aliphatic carbocycles. The van der Waals surface area contributed by atoms with Crippen molar-refractivity contribution in [3.63, 3.8) is 0 Å². The minimum absolute atomic E-state index is 0.199. The molecule has 2 aromatic heterocycles. The Hall–Kier alpha value is -2.69. The molecule has 4 nitrogen and oxygen atoms in total. The number of rotatable bonds is 3. The van der Waals surface area contributed by atoms with E-state index in [0.717, 1.165) is 48.9 Å². The molecule has 1 saturated carbocycles. The number of aromatic nitrogens is 2. The Morgan fingerprint density at radius 3 is 2.81 bits per heavy atom. The second-order valence-corrected chi connectivity index (χ2v) is 7.47. The fraction of sp³-hybridized carbons (Fsp3) is 0.333. The summed E-state index contributed by atoms with van der Waals surface area (Å²) in [5.74, 6) is 0.275. The van der Waals surface area contributed by atoms with Gasteiger partial charge < -0.3 is 9.88 Å². The number of amides is 1. The van der Waals surface area contributed by atoms with Crippen molar-refractivity contribution in [1.29, 1.82) is 0 Å². The van der Waals surface area contributed by atoms with Gasteiger partial charge in [0, 0.05) is 36.8 Å². The fourth-order valence-electron chi connectivity index (χ4n) is 4.34. The van der Waals surface area contributed by atoms with Crippen LogP contribution in [0.4, 0.5) is 4.39 Å². The van der Waals surface area contributed by atoms with Gasteiger partial charge in [-0.25, -0.2) is 9.37 Å². The SMILES string of the molecule is O=C(N1CCC(c2c[nH]c3ncccc23)C1)C1(c2ccc(F)cc2)CC1. The summed E-state index contributed by atoms with van der Waals surface area (Å²) in [7, 11) is 0. The molecule has 132 valence electrons. The monoisotopic (exact) mass is 349 g/mol. The number of carbonyl (C=O) groups is 1. The van der Waals surface area contributed by atoms with E-state index in [1.807, 2.05) is 17.2 Å². The zero-order valence-electron chi connectivity index (χ0n) is 14.4. The maximum absolute atomic E-state index is 13.2. The van der Waals surface area contributed by atoms with Crippen molar-refractivity contribution in [3.8, 4) is 0 Å². The maximum atomic E-state index is 13.2. The Morgan fingerprint density at radius 1 is 1.23 bits per heavy atom. The number of nitrogens with one attached hydrogen (secondary N) is 1. The molecular weight excluding hydrogens is 329 g/mol. The maximum Gasteiger partial charge on any atom is 0.233 e. The highest BCUT2D eigenvalue weighted by atomic mass is 19.1. The molecule has 1 aromatic carbocycles.